The Bertz CT molecular complexity index is 1300. The molecule has 1 aliphatic carbocycles. The largest absolute Gasteiger partial charge is 0.503 e. The lowest BCUT2D eigenvalue weighted by molar-refractivity contribution is -0.136. The molecule has 8 nitrogen and oxygen atoms in total. The van der Waals surface area contributed by atoms with Crippen molar-refractivity contribution in [3.05, 3.63) is 68.5 Å². The molecule has 9 heteroatoms. The summed E-state index contributed by atoms with van der Waals surface area (Å²) in [5.74, 6) is 0.00661. The Morgan fingerprint density at radius 1 is 0.972 bits per heavy atom. The van der Waals surface area contributed by atoms with E-state index in [1.54, 1.807) is 33.3 Å². The number of halogens is 1. The number of carbonyl (C=O) groups is 2. The van der Waals surface area contributed by atoms with Crippen LogP contribution in [0.3, 0.4) is 0 Å². The maximum absolute atomic E-state index is 13.7. The van der Waals surface area contributed by atoms with Crippen LogP contribution in [0.2, 0.25) is 0 Å². The molecule has 1 heterocycles. The number of allylic oxidation sites excluding steroid dienone is 3. The number of rotatable bonds is 6. The van der Waals surface area contributed by atoms with E-state index in [1.165, 1.54) is 14.2 Å². The van der Waals surface area contributed by atoms with Gasteiger partial charge in [0.2, 0.25) is 0 Å². The van der Waals surface area contributed by atoms with Crippen LogP contribution < -0.4 is 19.5 Å². The fourth-order valence-electron chi connectivity index (χ4n) is 5.01. The van der Waals surface area contributed by atoms with Gasteiger partial charge >= 0.3 is 5.97 Å². The number of ketones is 1. The summed E-state index contributed by atoms with van der Waals surface area (Å²) in [6, 6.07) is 9.01. The first-order chi connectivity index (χ1) is 17.2. The van der Waals surface area contributed by atoms with Crippen LogP contribution in [0.5, 0.6) is 23.0 Å². The molecule has 0 aromatic heterocycles. The molecule has 0 saturated carbocycles. The number of benzene rings is 2. The van der Waals surface area contributed by atoms with Gasteiger partial charge in [0, 0.05) is 29.3 Å². The Kier molecular flexibility index (Phi) is 7.31. The second-order valence-electron chi connectivity index (χ2n) is 8.68. The Labute approximate surface area is 218 Å². The summed E-state index contributed by atoms with van der Waals surface area (Å²) in [6.07, 6.45) is 0.825. The van der Waals surface area contributed by atoms with Crippen molar-refractivity contribution in [2.45, 2.75) is 31.6 Å². The zero-order valence-corrected chi connectivity index (χ0v) is 22.3. The number of carbonyl (C=O) groups excluding carboxylic acids is 2. The van der Waals surface area contributed by atoms with Crippen molar-refractivity contribution in [3.8, 4) is 23.0 Å². The predicted octanol–water partition coefficient (Wildman–Crippen LogP) is 4.72. The van der Waals surface area contributed by atoms with Crippen LogP contribution in [0.1, 0.15) is 42.7 Å². The summed E-state index contributed by atoms with van der Waals surface area (Å²) in [5.41, 5.74) is 3.80. The fourth-order valence-corrected chi connectivity index (χ4v) is 5.47. The predicted molar refractivity (Wildman–Crippen MR) is 137 cm³/mol. The zero-order chi connectivity index (χ0) is 26.1. The number of Topliss-reactive ketones (excluding diaryl/α,β-unsaturated/α-hetero) is 1. The Balaban J connectivity index is 1.83. The molecule has 2 N–H and O–H groups in total. The standard InChI is InChI=1S/C27H28BrNO7/c1-13-23(27(32)36-5)24(16-8-17(28)26(31)22(12-16)35-4)25-18(29-13)9-15(10-19(25)30)14-6-7-20(33-2)21(11-14)34-3/h6-8,11-12,15,24,29,31H,9-10H2,1-5H3. The highest BCUT2D eigenvalue weighted by atomic mass is 79.9. The van der Waals surface area contributed by atoms with Crippen molar-refractivity contribution in [1.82, 2.24) is 5.32 Å². The zero-order valence-electron chi connectivity index (χ0n) is 20.7. The van der Waals surface area contributed by atoms with E-state index in [0.29, 0.717) is 44.8 Å². The van der Waals surface area contributed by atoms with Gasteiger partial charge in [0.1, 0.15) is 0 Å². The monoisotopic (exact) mass is 557 g/mol. The number of nitrogens with one attached hydrogen (secondary N) is 1. The maximum atomic E-state index is 13.7. The minimum Gasteiger partial charge on any atom is -0.503 e. The van der Waals surface area contributed by atoms with Gasteiger partial charge in [-0.25, -0.2) is 4.79 Å². The molecule has 1 aliphatic heterocycles. The van der Waals surface area contributed by atoms with E-state index >= 15 is 0 Å². The number of hydrogen-bond acceptors (Lipinski definition) is 8. The lowest BCUT2D eigenvalue weighted by Crippen LogP contribution is -2.36. The van der Waals surface area contributed by atoms with Gasteiger partial charge in [-0.2, -0.15) is 0 Å². The van der Waals surface area contributed by atoms with Crippen LogP contribution in [0.25, 0.3) is 0 Å². The van der Waals surface area contributed by atoms with Gasteiger partial charge in [0.25, 0.3) is 0 Å². The topological polar surface area (TPSA) is 103 Å². The Hall–Kier alpha value is -3.46. The molecule has 0 saturated heterocycles. The molecular weight excluding hydrogens is 530 g/mol. The number of ether oxygens (including phenoxy) is 4. The SMILES string of the molecule is COC(=O)C1=C(C)NC2=C(C(=O)CC(c3ccc(OC)c(OC)c3)C2)C1c1cc(Br)c(O)c(OC)c1. The first-order valence-corrected chi connectivity index (χ1v) is 12.1. The van der Waals surface area contributed by atoms with Gasteiger partial charge in [0.05, 0.1) is 38.5 Å². The number of aromatic hydroxyl groups is 1. The minimum absolute atomic E-state index is 0.0619. The molecule has 36 heavy (non-hydrogen) atoms. The molecule has 2 aromatic rings. The molecule has 2 unspecified atom stereocenters. The normalized spacial score (nSPS) is 19.4. The number of esters is 1. The number of phenolic OH excluding ortho intramolecular Hbond substituents is 1. The van der Waals surface area contributed by atoms with Crippen molar-refractivity contribution >= 4 is 27.7 Å². The second-order valence-corrected chi connectivity index (χ2v) is 9.53. The first kappa shape index (κ1) is 25.6. The van der Waals surface area contributed by atoms with E-state index in [1.807, 2.05) is 18.2 Å². The van der Waals surface area contributed by atoms with Crippen LogP contribution >= 0.6 is 15.9 Å². The number of methoxy groups -OCH3 is 4. The highest BCUT2D eigenvalue weighted by Gasteiger charge is 2.41. The van der Waals surface area contributed by atoms with Crippen molar-refractivity contribution in [2.24, 2.45) is 0 Å². The summed E-state index contributed by atoms with van der Waals surface area (Å²) in [4.78, 5) is 26.6. The molecule has 0 fully saturated rings. The van der Waals surface area contributed by atoms with E-state index in [4.69, 9.17) is 18.9 Å². The van der Waals surface area contributed by atoms with Crippen LogP contribution in [0, 0.1) is 0 Å². The van der Waals surface area contributed by atoms with Gasteiger partial charge < -0.3 is 29.4 Å². The average Bonchev–Trinajstić information content (AvgIpc) is 2.88. The van der Waals surface area contributed by atoms with Crippen LogP contribution in [-0.4, -0.2) is 45.3 Å². The fraction of sp³-hybridized carbons (Fsp3) is 0.333. The lowest BCUT2D eigenvalue weighted by Gasteiger charge is -2.36. The van der Waals surface area contributed by atoms with E-state index in [9.17, 15) is 14.7 Å². The third-order valence-electron chi connectivity index (χ3n) is 6.72. The van der Waals surface area contributed by atoms with Gasteiger partial charge in [-0.05, 0) is 70.6 Å². The quantitative estimate of drug-likeness (QED) is 0.492. The minimum atomic E-state index is -0.682. The molecule has 2 aromatic carbocycles. The molecule has 0 amide bonds. The first-order valence-electron chi connectivity index (χ1n) is 11.3. The van der Waals surface area contributed by atoms with Crippen molar-refractivity contribution < 1.29 is 33.6 Å². The van der Waals surface area contributed by atoms with Gasteiger partial charge in [-0.3, -0.25) is 4.79 Å². The Morgan fingerprint density at radius 2 is 1.64 bits per heavy atom. The summed E-state index contributed by atoms with van der Waals surface area (Å²) in [5, 5.41) is 13.6. The van der Waals surface area contributed by atoms with Crippen LogP contribution in [-0.2, 0) is 14.3 Å². The smallest absolute Gasteiger partial charge is 0.336 e. The molecule has 2 aliphatic rings. The number of phenols is 1. The molecule has 4 rings (SSSR count). The molecule has 2 atom stereocenters. The maximum Gasteiger partial charge on any atom is 0.336 e. The summed E-state index contributed by atoms with van der Waals surface area (Å²) >= 11 is 3.36. The van der Waals surface area contributed by atoms with E-state index in [0.717, 1.165) is 11.3 Å². The highest BCUT2D eigenvalue weighted by Crippen LogP contribution is 2.48. The number of hydrogen-bond donors (Lipinski definition) is 2. The van der Waals surface area contributed by atoms with Crippen molar-refractivity contribution in [3.63, 3.8) is 0 Å². The van der Waals surface area contributed by atoms with Gasteiger partial charge in [0.15, 0.2) is 28.8 Å². The third-order valence-corrected chi connectivity index (χ3v) is 7.32. The Morgan fingerprint density at radius 3 is 2.28 bits per heavy atom. The molecular formula is C27H28BrNO7. The van der Waals surface area contributed by atoms with E-state index in [-0.39, 0.29) is 29.6 Å². The summed E-state index contributed by atoms with van der Waals surface area (Å²) in [7, 11) is 5.91. The van der Waals surface area contributed by atoms with Gasteiger partial charge in [-0.15, -0.1) is 0 Å². The highest BCUT2D eigenvalue weighted by molar-refractivity contribution is 9.10. The molecule has 190 valence electrons. The molecule has 0 bridgehead atoms. The van der Waals surface area contributed by atoms with Crippen molar-refractivity contribution in [1.29, 1.82) is 0 Å². The molecule has 0 radical (unpaired) electrons. The van der Waals surface area contributed by atoms with E-state index in [2.05, 4.69) is 21.2 Å². The van der Waals surface area contributed by atoms with Gasteiger partial charge in [-0.1, -0.05) is 6.07 Å². The second kappa shape index (κ2) is 10.3. The van der Waals surface area contributed by atoms with E-state index < -0.39 is 11.9 Å². The molecule has 0 spiro atoms. The summed E-state index contributed by atoms with van der Waals surface area (Å²) in [6.45, 7) is 1.79. The van der Waals surface area contributed by atoms with Crippen LogP contribution in [0.4, 0.5) is 0 Å². The lowest BCUT2D eigenvalue weighted by atomic mass is 9.71. The third kappa shape index (κ3) is 4.43. The van der Waals surface area contributed by atoms with Crippen LogP contribution in [0.15, 0.2) is 57.3 Å². The van der Waals surface area contributed by atoms with Crippen molar-refractivity contribution in [2.75, 3.05) is 28.4 Å². The summed E-state index contributed by atoms with van der Waals surface area (Å²) < 4.78 is 21.6. The number of dihydropyridines is 1. The average molecular weight is 558 g/mol.